The number of anilines is 1. The number of benzene rings is 2. The van der Waals surface area contributed by atoms with Gasteiger partial charge in [0.1, 0.15) is 0 Å². The van der Waals surface area contributed by atoms with Crippen molar-refractivity contribution in [3.05, 3.63) is 59.7 Å². The van der Waals surface area contributed by atoms with Crippen LogP contribution in [-0.4, -0.2) is 15.0 Å². The average Bonchev–Trinajstić information content (AvgIpc) is 2.56. The third-order valence-corrected chi connectivity index (χ3v) is 6.32. The van der Waals surface area contributed by atoms with Gasteiger partial charge in [0.15, 0.2) is 0 Å². The van der Waals surface area contributed by atoms with E-state index in [4.69, 9.17) is 0 Å². The van der Waals surface area contributed by atoms with Gasteiger partial charge in [-0.15, -0.1) is 0 Å². The molecule has 1 atom stereocenters. The zero-order valence-corrected chi connectivity index (χ0v) is 14.5. The minimum Gasteiger partial charge on any atom is -0.266 e. The number of hydrogen-bond acceptors (Lipinski definition) is 3. The Bertz CT molecular complexity index is 867. The summed E-state index contributed by atoms with van der Waals surface area (Å²) in [5, 5.41) is 9.27. The summed E-state index contributed by atoms with van der Waals surface area (Å²) in [4.78, 5) is 0.289. The topological polar surface area (TPSA) is 61.2 Å². The third-order valence-electron chi connectivity index (χ3n) is 4.49. The van der Waals surface area contributed by atoms with Crippen molar-refractivity contribution in [1.82, 2.24) is 0 Å². The van der Waals surface area contributed by atoms with Gasteiger partial charge in [0.2, 0.25) is 0 Å². The van der Waals surface area contributed by atoms with Gasteiger partial charge in [-0.25, -0.2) is 8.42 Å². The first-order valence-corrected chi connectivity index (χ1v) is 9.53. The number of sulfonamides is 1. The van der Waals surface area contributed by atoms with Gasteiger partial charge in [-0.1, -0.05) is 35.9 Å². The maximum Gasteiger partial charge on any atom is 0.264 e. The first kappa shape index (κ1) is 16.5. The van der Waals surface area contributed by atoms with Crippen molar-refractivity contribution < 1.29 is 8.42 Å². The number of rotatable bonds is 2. The second-order valence-electron chi connectivity index (χ2n) is 6.17. The van der Waals surface area contributed by atoms with E-state index in [2.05, 4.69) is 6.07 Å². The van der Waals surface area contributed by atoms with Crippen molar-refractivity contribution in [2.75, 3.05) is 10.8 Å². The van der Waals surface area contributed by atoms with Crippen LogP contribution in [0.5, 0.6) is 0 Å². The number of nitrogens with zero attached hydrogens (tertiary/aromatic N) is 2. The predicted octanol–water partition coefficient (Wildman–Crippen LogP) is 3.67. The average molecular weight is 340 g/mol. The molecule has 4 nitrogen and oxygen atoms in total. The summed E-state index contributed by atoms with van der Waals surface area (Å²) in [6.45, 7) is 2.25. The minimum atomic E-state index is -3.64. The fraction of sp³-hybridized carbons (Fsp3) is 0.316. The molecular formula is C19H20N2O2S. The van der Waals surface area contributed by atoms with E-state index in [9.17, 15) is 13.7 Å². The lowest BCUT2D eigenvalue weighted by Gasteiger charge is -2.29. The van der Waals surface area contributed by atoms with E-state index in [1.165, 1.54) is 4.31 Å². The van der Waals surface area contributed by atoms with Gasteiger partial charge in [0, 0.05) is 12.5 Å². The molecule has 3 rings (SSSR count). The van der Waals surface area contributed by atoms with Crippen LogP contribution in [0.3, 0.4) is 0 Å². The first-order valence-electron chi connectivity index (χ1n) is 8.09. The fourth-order valence-corrected chi connectivity index (χ4v) is 4.57. The molecule has 24 heavy (non-hydrogen) atoms. The Morgan fingerprint density at radius 2 is 1.79 bits per heavy atom. The summed E-state index contributed by atoms with van der Waals surface area (Å²) in [7, 11) is -3.64. The maximum atomic E-state index is 13.2. The molecule has 0 bridgehead atoms. The fourth-order valence-electron chi connectivity index (χ4n) is 3.05. The van der Waals surface area contributed by atoms with Crippen LogP contribution in [0.2, 0.25) is 0 Å². The SMILES string of the molecule is Cc1ccc(S(=O)(=O)N2CC[C@H](C#N)CCc3ccccc32)cc1. The second-order valence-corrected chi connectivity index (χ2v) is 8.03. The van der Waals surface area contributed by atoms with Crippen molar-refractivity contribution in [3.8, 4) is 6.07 Å². The molecule has 2 aromatic rings. The number of para-hydroxylation sites is 1. The van der Waals surface area contributed by atoms with E-state index >= 15 is 0 Å². The Labute approximate surface area is 143 Å². The zero-order valence-electron chi connectivity index (χ0n) is 13.6. The van der Waals surface area contributed by atoms with Crippen LogP contribution in [0.25, 0.3) is 0 Å². The van der Waals surface area contributed by atoms with Crippen LogP contribution >= 0.6 is 0 Å². The molecule has 0 fully saturated rings. The van der Waals surface area contributed by atoms with Crippen LogP contribution in [0, 0.1) is 24.2 Å². The standard InChI is InChI=1S/C19H20N2O2S/c1-15-6-10-18(11-7-15)24(22,23)21-13-12-16(14-20)8-9-17-4-2-3-5-19(17)21/h2-7,10-11,16H,8-9,12-13H2,1H3/t16-/m1/s1. The minimum absolute atomic E-state index is 0.117. The van der Waals surface area contributed by atoms with Gasteiger partial charge >= 0.3 is 0 Å². The van der Waals surface area contributed by atoms with Gasteiger partial charge < -0.3 is 0 Å². The van der Waals surface area contributed by atoms with Gasteiger partial charge in [-0.3, -0.25) is 4.31 Å². The molecule has 1 aliphatic rings. The Morgan fingerprint density at radius 3 is 2.50 bits per heavy atom. The molecule has 0 aliphatic carbocycles. The first-order chi connectivity index (χ1) is 11.5. The van der Waals surface area contributed by atoms with E-state index < -0.39 is 10.0 Å². The molecule has 0 spiro atoms. The summed E-state index contributed by atoms with van der Waals surface area (Å²) in [6.07, 6.45) is 2.04. The molecule has 1 aliphatic heterocycles. The lowest BCUT2D eigenvalue weighted by molar-refractivity contribution is 0.542. The van der Waals surface area contributed by atoms with Crippen molar-refractivity contribution in [1.29, 1.82) is 5.26 Å². The summed E-state index contributed by atoms with van der Waals surface area (Å²) in [5.41, 5.74) is 2.73. The molecule has 0 unspecified atom stereocenters. The molecule has 0 N–H and O–H groups in total. The molecule has 0 amide bonds. The van der Waals surface area contributed by atoms with E-state index in [0.29, 0.717) is 19.4 Å². The quantitative estimate of drug-likeness (QED) is 0.838. The molecule has 2 aromatic carbocycles. The van der Waals surface area contributed by atoms with E-state index in [1.54, 1.807) is 24.3 Å². The van der Waals surface area contributed by atoms with Crippen LogP contribution < -0.4 is 4.31 Å². The van der Waals surface area contributed by atoms with E-state index in [-0.39, 0.29) is 10.8 Å². The highest BCUT2D eigenvalue weighted by Crippen LogP contribution is 2.32. The number of hydrogen-bond donors (Lipinski definition) is 0. The Hall–Kier alpha value is -2.32. The largest absolute Gasteiger partial charge is 0.266 e. The normalized spacial score (nSPS) is 18.2. The summed E-state index contributed by atoms with van der Waals surface area (Å²) in [5.74, 6) is -0.117. The predicted molar refractivity (Wildman–Crippen MR) is 94.2 cm³/mol. The Kier molecular flexibility index (Phi) is 4.59. The molecule has 0 saturated carbocycles. The van der Waals surface area contributed by atoms with Crippen LogP contribution in [0.4, 0.5) is 5.69 Å². The zero-order chi connectivity index (χ0) is 17.2. The van der Waals surface area contributed by atoms with Gasteiger partial charge in [-0.05, 0) is 49.9 Å². The molecule has 5 heteroatoms. The lowest BCUT2D eigenvalue weighted by Crippen LogP contribution is -2.34. The second kappa shape index (κ2) is 6.66. The molecular weight excluding hydrogens is 320 g/mol. The van der Waals surface area contributed by atoms with Crippen LogP contribution in [-0.2, 0) is 16.4 Å². The molecule has 1 heterocycles. The Balaban J connectivity index is 2.07. The molecule has 0 saturated heterocycles. The van der Waals surface area contributed by atoms with Gasteiger partial charge in [-0.2, -0.15) is 5.26 Å². The number of fused-ring (bicyclic) bond motifs is 1. The van der Waals surface area contributed by atoms with E-state index in [0.717, 1.165) is 23.2 Å². The highest BCUT2D eigenvalue weighted by molar-refractivity contribution is 7.92. The maximum absolute atomic E-state index is 13.2. The summed E-state index contributed by atoms with van der Waals surface area (Å²) < 4.78 is 27.8. The molecule has 0 radical (unpaired) electrons. The summed E-state index contributed by atoms with van der Waals surface area (Å²) in [6, 6.07) is 16.8. The van der Waals surface area contributed by atoms with Gasteiger partial charge in [0.25, 0.3) is 10.0 Å². The van der Waals surface area contributed by atoms with Crippen molar-refractivity contribution in [3.63, 3.8) is 0 Å². The smallest absolute Gasteiger partial charge is 0.264 e. The van der Waals surface area contributed by atoms with Crippen LogP contribution in [0.1, 0.15) is 24.0 Å². The highest BCUT2D eigenvalue weighted by atomic mass is 32.2. The van der Waals surface area contributed by atoms with Crippen molar-refractivity contribution >= 4 is 15.7 Å². The van der Waals surface area contributed by atoms with E-state index in [1.807, 2.05) is 31.2 Å². The number of nitriles is 1. The lowest BCUT2D eigenvalue weighted by atomic mass is 9.95. The van der Waals surface area contributed by atoms with Crippen molar-refractivity contribution in [2.24, 2.45) is 5.92 Å². The van der Waals surface area contributed by atoms with Gasteiger partial charge in [0.05, 0.1) is 16.7 Å². The Morgan fingerprint density at radius 1 is 1.08 bits per heavy atom. The van der Waals surface area contributed by atoms with Crippen LogP contribution in [0.15, 0.2) is 53.4 Å². The highest BCUT2D eigenvalue weighted by Gasteiger charge is 2.29. The van der Waals surface area contributed by atoms with Crippen molar-refractivity contribution in [2.45, 2.75) is 31.1 Å². The monoisotopic (exact) mass is 340 g/mol. The molecule has 124 valence electrons. The number of aryl methyl sites for hydroxylation is 2. The summed E-state index contributed by atoms with van der Waals surface area (Å²) >= 11 is 0. The third kappa shape index (κ3) is 3.15. The molecule has 0 aromatic heterocycles.